The summed E-state index contributed by atoms with van der Waals surface area (Å²) in [6.45, 7) is 8.87. The van der Waals surface area contributed by atoms with Crippen molar-refractivity contribution in [3.05, 3.63) is 10.6 Å². The standard InChI is InChI=1S/C15H19N3O2S/c1-14(2,3)11(19)8-21-13-10(7-17)15(4,5)9(6-16)12(20)18-13/h9H,8H2,1-5H3,(H,18,20)/t9-/m1/s1. The number of nitrogens with one attached hydrogen (secondary N) is 1. The van der Waals surface area contributed by atoms with Crippen molar-refractivity contribution in [2.45, 2.75) is 34.6 Å². The highest BCUT2D eigenvalue weighted by Crippen LogP contribution is 2.42. The van der Waals surface area contributed by atoms with Crippen LogP contribution in [-0.4, -0.2) is 17.4 Å². The molecule has 6 heteroatoms. The Hall–Kier alpha value is -1.79. The van der Waals surface area contributed by atoms with Gasteiger partial charge in [0.05, 0.1) is 28.5 Å². The topological polar surface area (TPSA) is 93.8 Å². The van der Waals surface area contributed by atoms with E-state index in [0.717, 1.165) is 11.8 Å². The summed E-state index contributed by atoms with van der Waals surface area (Å²) < 4.78 is 0. The van der Waals surface area contributed by atoms with Crippen molar-refractivity contribution in [2.24, 2.45) is 16.7 Å². The molecule has 1 amide bonds. The van der Waals surface area contributed by atoms with Gasteiger partial charge in [0.2, 0.25) is 5.91 Å². The van der Waals surface area contributed by atoms with Gasteiger partial charge in [0.15, 0.2) is 0 Å². The number of hydrogen-bond acceptors (Lipinski definition) is 5. The number of thioether (sulfide) groups is 1. The summed E-state index contributed by atoms with van der Waals surface area (Å²) in [5.41, 5.74) is -0.983. The third kappa shape index (κ3) is 3.46. The van der Waals surface area contributed by atoms with Gasteiger partial charge in [-0.3, -0.25) is 9.59 Å². The zero-order valence-electron chi connectivity index (χ0n) is 12.9. The molecule has 0 radical (unpaired) electrons. The molecule has 0 aromatic rings. The van der Waals surface area contributed by atoms with Crippen molar-refractivity contribution in [2.75, 3.05) is 5.75 Å². The Morgan fingerprint density at radius 3 is 2.38 bits per heavy atom. The lowest BCUT2D eigenvalue weighted by Crippen LogP contribution is -2.44. The van der Waals surface area contributed by atoms with Crippen LogP contribution in [0.1, 0.15) is 34.6 Å². The van der Waals surface area contributed by atoms with Gasteiger partial charge < -0.3 is 5.32 Å². The van der Waals surface area contributed by atoms with Crippen molar-refractivity contribution < 1.29 is 9.59 Å². The van der Waals surface area contributed by atoms with Crippen LogP contribution in [0.4, 0.5) is 0 Å². The van der Waals surface area contributed by atoms with E-state index >= 15 is 0 Å². The molecule has 0 aromatic heterocycles. The molecule has 1 rings (SSSR count). The molecule has 0 bridgehead atoms. The number of Topliss-reactive ketones (excluding diaryl/α,β-unsaturated/α-hetero) is 1. The molecule has 1 aliphatic rings. The highest BCUT2D eigenvalue weighted by molar-refractivity contribution is 8.03. The fourth-order valence-corrected chi connectivity index (χ4v) is 3.22. The Kier molecular flexibility index (Phi) is 4.86. The van der Waals surface area contributed by atoms with Crippen LogP contribution in [0.25, 0.3) is 0 Å². The van der Waals surface area contributed by atoms with Crippen LogP contribution < -0.4 is 5.32 Å². The van der Waals surface area contributed by atoms with Crippen LogP contribution in [0.15, 0.2) is 10.6 Å². The minimum atomic E-state index is -0.908. The maximum atomic E-state index is 12.0. The number of nitriles is 2. The zero-order chi connectivity index (χ0) is 16.4. The third-order valence-electron chi connectivity index (χ3n) is 3.52. The highest BCUT2D eigenvalue weighted by atomic mass is 32.2. The van der Waals surface area contributed by atoms with Crippen LogP contribution in [0.5, 0.6) is 0 Å². The first kappa shape index (κ1) is 17.3. The van der Waals surface area contributed by atoms with Gasteiger partial charge in [-0.1, -0.05) is 46.4 Å². The molecular weight excluding hydrogens is 286 g/mol. The van der Waals surface area contributed by atoms with Gasteiger partial charge >= 0.3 is 0 Å². The summed E-state index contributed by atoms with van der Waals surface area (Å²) >= 11 is 1.15. The Morgan fingerprint density at radius 2 is 1.95 bits per heavy atom. The molecule has 0 fully saturated rings. The average Bonchev–Trinajstić information content (AvgIpc) is 2.33. The molecule has 0 unspecified atom stereocenters. The summed E-state index contributed by atoms with van der Waals surface area (Å²) in [5, 5.41) is 21.4. The molecule has 1 aliphatic heterocycles. The van der Waals surface area contributed by atoms with E-state index in [-0.39, 0.29) is 11.5 Å². The molecule has 0 spiro atoms. The number of hydrogen-bond donors (Lipinski definition) is 1. The SMILES string of the molecule is CC(C)(C)C(=O)CSC1=C(C#N)C(C)(C)[C@H](C#N)C(=O)N1. The van der Waals surface area contributed by atoms with Gasteiger partial charge in [0.1, 0.15) is 11.7 Å². The fourth-order valence-electron chi connectivity index (χ4n) is 1.89. The third-order valence-corrected chi connectivity index (χ3v) is 4.52. The molecule has 1 atom stereocenters. The highest BCUT2D eigenvalue weighted by Gasteiger charge is 2.44. The Balaban J connectivity index is 3.08. The number of amides is 1. The zero-order valence-corrected chi connectivity index (χ0v) is 13.7. The average molecular weight is 305 g/mol. The van der Waals surface area contributed by atoms with Crippen LogP contribution >= 0.6 is 11.8 Å². The van der Waals surface area contributed by atoms with Gasteiger partial charge in [0, 0.05) is 10.8 Å². The van der Waals surface area contributed by atoms with Gasteiger partial charge in [-0.15, -0.1) is 0 Å². The van der Waals surface area contributed by atoms with E-state index in [2.05, 4.69) is 11.4 Å². The minimum Gasteiger partial charge on any atom is -0.319 e. The van der Waals surface area contributed by atoms with Crippen molar-refractivity contribution >= 4 is 23.5 Å². The molecule has 21 heavy (non-hydrogen) atoms. The summed E-state index contributed by atoms with van der Waals surface area (Å²) in [6.07, 6.45) is 0. The second-order valence-electron chi connectivity index (χ2n) is 6.55. The summed E-state index contributed by atoms with van der Waals surface area (Å²) in [6, 6.07) is 4.02. The number of carbonyl (C=O) groups excluding carboxylic acids is 2. The van der Waals surface area contributed by atoms with E-state index in [1.54, 1.807) is 13.8 Å². The molecule has 1 N–H and O–H groups in total. The molecule has 0 aromatic carbocycles. The maximum Gasteiger partial charge on any atom is 0.243 e. The summed E-state index contributed by atoms with van der Waals surface area (Å²) in [4.78, 5) is 24.0. The molecule has 112 valence electrons. The van der Waals surface area contributed by atoms with Crippen LogP contribution in [0, 0.1) is 39.4 Å². The quantitative estimate of drug-likeness (QED) is 0.864. The first-order chi connectivity index (χ1) is 9.55. The molecular formula is C15H19N3O2S. The second-order valence-corrected chi connectivity index (χ2v) is 7.54. The van der Waals surface area contributed by atoms with Crippen molar-refractivity contribution in [1.82, 2.24) is 5.32 Å². The van der Waals surface area contributed by atoms with Crippen LogP contribution in [-0.2, 0) is 9.59 Å². The number of nitrogens with zero attached hydrogens (tertiary/aromatic N) is 2. The summed E-state index contributed by atoms with van der Waals surface area (Å²) in [7, 11) is 0. The molecule has 0 aliphatic carbocycles. The van der Waals surface area contributed by atoms with E-state index in [1.165, 1.54) is 0 Å². The monoisotopic (exact) mass is 305 g/mol. The van der Waals surface area contributed by atoms with Gasteiger partial charge in [0.25, 0.3) is 0 Å². The summed E-state index contributed by atoms with van der Waals surface area (Å²) in [5.74, 6) is -1.12. The van der Waals surface area contributed by atoms with E-state index in [9.17, 15) is 14.9 Å². The van der Waals surface area contributed by atoms with E-state index < -0.39 is 22.7 Å². The van der Waals surface area contributed by atoms with Crippen molar-refractivity contribution in [3.63, 3.8) is 0 Å². The van der Waals surface area contributed by atoms with E-state index in [0.29, 0.717) is 10.6 Å². The number of ketones is 1. The van der Waals surface area contributed by atoms with E-state index in [1.807, 2.05) is 26.8 Å². The Morgan fingerprint density at radius 1 is 1.38 bits per heavy atom. The predicted molar refractivity (Wildman–Crippen MR) is 80.6 cm³/mol. The van der Waals surface area contributed by atoms with Crippen LogP contribution in [0.3, 0.4) is 0 Å². The van der Waals surface area contributed by atoms with Gasteiger partial charge in [-0.2, -0.15) is 10.5 Å². The number of carbonyl (C=O) groups is 2. The fraction of sp³-hybridized carbons (Fsp3) is 0.600. The lowest BCUT2D eigenvalue weighted by Gasteiger charge is -2.34. The predicted octanol–water partition coefficient (Wildman–Crippen LogP) is 2.37. The smallest absolute Gasteiger partial charge is 0.243 e. The number of rotatable bonds is 3. The Labute approximate surface area is 129 Å². The first-order valence-corrected chi connectivity index (χ1v) is 7.55. The molecule has 1 heterocycles. The molecule has 0 saturated carbocycles. The van der Waals surface area contributed by atoms with Crippen molar-refractivity contribution in [1.29, 1.82) is 10.5 Å². The largest absolute Gasteiger partial charge is 0.319 e. The lowest BCUT2D eigenvalue weighted by atomic mass is 9.72. The van der Waals surface area contributed by atoms with Crippen LogP contribution in [0.2, 0.25) is 0 Å². The lowest BCUT2D eigenvalue weighted by molar-refractivity contribution is -0.125. The molecule has 5 nitrogen and oxygen atoms in total. The van der Waals surface area contributed by atoms with Gasteiger partial charge in [-0.25, -0.2) is 0 Å². The van der Waals surface area contributed by atoms with Gasteiger partial charge in [-0.05, 0) is 0 Å². The Bertz CT molecular complexity index is 586. The first-order valence-electron chi connectivity index (χ1n) is 6.57. The number of allylic oxidation sites excluding steroid dienone is 1. The maximum absolute atomic E-state index is 12.0. The normalized spacial score (nSPS) is 21.3. The van der Waals surface area contributed by atoms with Crippen molar-refractivity contribution in [3.8, 4) is 12.1 Å². The van der Waals surface area contributed by atoms with E-state index in [4.69, 9.17) is 5.26 Å². The minimum absolute atomic E-state index is 0.0340. The molecule has 0 saturated heterocycles. The second kappa shape index (κ2) is 5.91.